The van der Waals surface area contributed by atoms with Crippen LogP contribution in [0.5, 0.6) is 0 Å². The molecule has 2 heterocycles. The fourth-order valence-corrected chi connectivity index (χ4v) is 4.42. The Bertz CT molecular complexity index is 517. The van der Waals surface area contributed by atoms with Crippen LogP contribution in [0.4, 0.5) is 0 Å². The van der Waals surface area contributed by atoms with Crippen molar-refractivity contribution in [3.63, 3.8) is 0 Å². The molecule has 94 valence electrons. The lowest BCUT2D eigenvalue weighted by molar-refractivity contribution is 0.0731. The number of rotatable bonds is 3. The van der Waals surface area contributed by atoms with Crippen LogP contribution in [0.3, 0.4) is 0 Å². The van der Waals surface area contributed by atoms with Gasteiger partial charge in [-0.1, -0.05) is 12.2 Å². The van der Waals surface area contributed by atoms with Crippen LogP contribution < -0.4 is 5.73 Å². The van der Waals surface area contributed by atoms with Gasteiger partial charge in [0.1, 0.15) is 9.20 Å². The molecule has 1 fully saturated rings. The van der Waals surface area contributed by atoms with Gasteiger partial charge in [0.15, 0.2) is 0 Å². The van der Waals surface area contributed by atoms with Crippen molar-refractivity contribution in [2.75, 3.05) is 26.3 Å². The lowest BCUT2D eigenvalue weighted by atomic mass is 10.5. The van der Waals surface area contributed by atoms with Crippen LogP contribution in [0, 0.1) is 0 Å². The van der Waals surface area contributed by atoms with Gasteiger partial charge in [-0.15, -0.1) is 11.3 Å². The Hall–Kier alpha value is -0.540. The smallest absolute Gasteiger partial charge is 0.252 e. The SMILES string of the molecule is NC(=S)c1ccc(S(=O)(=O)N2CCOCC2)s1. The molecule has 5 nitrogen and oxygen atoms in total. The van der Waals surface area contributed by atoms with Gasteiger partial charge in [-0.05, 0) is 12.1 Å². The molecule has 1 saturated heterocycles. The summed E-state index contributed by atoms with van der Waals surface area (Å²) < 4.78 is 31.3. The van der Waals surface area contributed by atoms with E-state index in [-0.39, 0.29) is 9.20 Å². The normalized spacial score (nSPS) is 18.1. The third kappa shape index (κ3) is 2.66. The van der Waals surface area contributed by atoms with Crippen molar-refractivity contribution in [1.29, 1.82) is 0 Å². The molecule has 2 rings (SSSR count). The summed E-state index contributed by atoms with van der Waals surface area (Å²) >= 11 is 5.92. The van der Waals surface area contributed by atoms with E-state index < -0.39 is 10.0 Å². The molecular weight excluding hydrogens is 280 g/mol. The highest BCUT2D eigenvalue weighted by Crippen LogP contribution is 2.25. The zero-order chi connectivity index (χ0) is 12.5. The quantitative estimate of drug-likeness (QED) is 0.817. The largest absolute Gasteiger partial charge is 0.389 e. The van der Waals surface area contributed by atoms with Crippen molar-refractivity contribution >= 4 is 38.6 Å². The molecule has 0 saturated carbocycles. The van der Waals surface area contributed by atoms with Crippen molar-refractivity contribution in [3.05, 3.63) is 17.0 Å². The number of thiophene rings is 1. The minimum atomic E-state index is -3.42. The third-order valence-corrected chi connectivity index (χ3v) is 6.22. The summed E-state index contributed by atoms with van der Waals surface area (Å²) in [6, 6.07) is 3.18. The Morgan fingerprint density at radius 2 is 2.06 bits per heavy atom. The number of hydrogen-bond donors (Lipinski definition) is 1. The second-order valence-electron chi connectivity index (χ2n) is 3.50. The topological polar surface area (TPSA) is 72.6 Å². The average molecular weight is 292 g/mol. The van der Waals surface area contributed by atoms with Crippen LogP contribution in [0.15, 0.2) is 16.3 Å². The molecule has 0 unspecified atom stereocenters. The molecule has 1 aromatic heterocycles. The van der Waals surface area contributed by atoms with Crippen LogP contribution in [0.25, 0.3) is 0 Å². The summed E-state index contributed by atoms with van der Waals surface area (Å²) in [4.78, 5) is 0.838. The van der Waals surface area contributed by atoms with Crippen LogP contribution >= 0.6 is 23.6 Å². The molecule has 0 aromatic carbocycles. The van der Waals surface area contributed by atoms with E-state index in [9.17, 15) is 8.42 Å². The molecule has 0 amide bonds. The fraction of sp³-hybridized carbons (Fsp3) is 0.444. The predicted octanol–water partition coefficient (Wildman–Crippen LogP) is 0.403. The summed E-state index contributed by atoms with van der Waals surface area (Å²) in [6.45, 7) is 1.66. The Balaban J connectivity index is 2.27. The first-order chi connectivity index (χ1) is 8.01. The number of nitrogens with zero attached hydrogens (tertiary/aromatic N) is 1. The van der Waals surface area contributed by atoms with Gasteiger partial charge in [-0.25, -0.2) is 8.42 Å². The van der Waals surface area contributed by atoms with Gasteiger partial charge in [0.25, 0.3) is 10.0 Å². The summed E-state index contributed by atoms with van der Waals surface area (Å²) in [5, 5.41) is 0. The van der Waals surface area contributed by atoms with Gasteiger partial charge in [0, 0.05) is 13.1 Å². The van der Waals surface area contributed by atoms with E-state index >= 15 is 0 Å². The maximum atomic E-state index is 12.2. The van der Waals surface area contributed by atoms with Crippen molar-refractivity contribution in [1.82, 2.24) is 4.31 Å². The molecule has 0 aliphatic carbocycles. The zero-order valence-corrected chi connectivity index (χ0v) is 11.4. The van der Waals surface area contributed by atoms with Gasteiger partial charge in [0.05, 0.1) is 18.1 Å². The molecular formula is C9H12N2O3S3. The number of sulfonamides is 1. The van der Waals surface area contributed by atoms with Crippen LogP contribution in [-0.4, -0.2) is 44.0 Å². The van der Waals surface area contributed by atoms with Crippen LogP contribution in [0.2, 0.25) is 0 Å². The predicted molar refractivity (Wildman–Crippen MR) is 69.8 cm³/mol. The minimum absolute atomic E-state index is 0.221. The first-order valence-electron chi connectivity index (χ1n) is 4.99. The Morgan fingerprint density at radius 3 is 2.59 bits per heavy atom. The lowest BCUT2D eigenvalue weighted by Crippen LogP contribution is -2.40. The maximum absolute atomic E-state index is 12.2. The van der Waals surface area contributed by atoms with Crippen molar-refractivity contribution < 1.29 is 13.2 Å². The second-order valence-corrected chi connectivity index (χ2v) is 7.19. The van der Waals surface area contributed by atoms with Crippen molar-refractivity contribution in [2.45, 2.75) is 4.21 Å². The molecule has 1 aromatic rings. The fourth-order valence-electron chi connectivity index (χ4n) is 1.51. The monoisotopic (exact) mass is 292 g/mol. The summed E-state index contributed by atoms with van der Waals surface area (Å²) in [5.74, 6) is 0. The van der Waals surface area contributed by atoms with Gasteiger partial charge >= 0.3 is 0 Å². The van der Waals surface area contributed by atoms with Gasteiger partial charge < -0.3 is 10.5 Å². The van der Waals surface area contributed by atoms with Crippen molar-refractivity contribution in [3.8, 4) is 0 Å². The number of morpholine rings is 1. The Labute approximate surface area is 109 Å². The van der Waals surface area contributed by atoms with Crippen molar-refractivity contribution in [2.24, 2.45) is 5.73 Å². The van der Waals surface area contributed by atoms with Crippen LogP contribution in [0.1, 0.15) is 4.88 Å². The number of ether oxygens (including phenoxy) is 1. The standard InChI is InChI=1S/C9H12N2O3S3/c10-9(15)7-1-2-8(16-7)17(12,13)11-3-5-14-6-4-11/h1-2H,3-6H2,(H2,10,15). The van der Waals surface area contributed by atoms with E-state index in [1.54, 1.807) is 12.1 Å². The average Bonchev–Trinajstić information content (AvgIpc) is 2.80. The third-order valence-electron chi connectivity index (χ3n) is 2.39. The molecule has 1 aliphatic rings. The highest BCUT2D eigenvalue weighted by atomic mass is 32.2. The summed E-state index contributed by atoms with van der Waals surface area (Å²) in [6.07, 6.45) is 0. The first kappa shape index (κ1) is 12.9. The van der Waals surface area contributed by atoms with E-state index in [0.29, 0.717) is 31.2 Å². The number of thiocarbonyl (C=S) groups is 1. The molecule has 0 spiro atoms. The number of hydrogen-bond acceptors (Lipinski definition) is 5. The van der Waals surface area contributed by atoms with E-state index in [4.69, 9.17) is 22.7 Å². The maximum Gasteiger partial charge on any atom is 0.252 e. The highest BCUT2D eigenvalue weighted by Gasteiger charge is 2.27. The first-order valence-corrected chi connectivity index (χ1v) is 7.66. The molecule has 0 bridgehead atoms. The molecule has 2 N–H and O–H groups in total. The Morgan fingerprint density at radius 1 is 1.41 bits per heavy atom. The summed E-state index contributed by atoms with van der Waals surface area (Å²) in [7, 11) is -3.42. The lowest BCUT2D eigenvalue weighted by Gasteiger charge is -2.25. The van der Waals surface area contributed by atoms with E-state index in [1.807, 2.05) is 0 Å². The molecule has 0 radical (unpaired) electrons. The zero-order valence-electron chi connectivity index (χ0n) is 8.96. The van der Waals surface area contributed by atoms with Gasteiger partial charge in [0.2, 0.25) is 0 Å². The molecule has 8 heteroatoms. The van der Waals surface area contributed by atoms with E-state index in [1.165, 1.54) is 4.31 Å². The molecule has 1 aliphatic heterocycles. The van der Waals surface area contributed by atoms with E-state index in [0.717, 1.165) is 11.3 Å². The Kier molecular flexibility index (Phi) is 3.79. The summed E-state index contributed by atoms with van der Waals surface area (Å²) in [5.41, 5.74) is 5.46. The number of nitrogens with two attached hydrogens (primary N) is 1. The van der Waals surface area contributed by atoms with Gasteiger partial charge in [-0.2, -0.15) is 4.31 Å². The molecule has 0 atom stereocenters. The van der Waals surface area contributed by atoms with Gasteiger partial charge in [-0.3, -0.25) is 0 Å². The van der Waals surface area contributed by atoms with Crippen LogP contribution in [-0.2, 0) is 14.8 Å². The second kappa shape index (κ2) is 4.99. The highest BCUT2D eigenvalue weighted by molar-refractivity contribution is 7.91. The molecule has 17 heavy (non-hydrogen) atoms. The minimum Gasteiger partial charge on any atom is -0.389 e. The van der Waals surface area contributed by atoms with E-state index in [2.05, 4.69) is 0 Å².